The smallest absolute Gasteiger partial charge is 0.247 e. The molecule has 0 saturated carbocycles. The molecule has 202 valence electrons. The van der Waals surface area contributed by atoms with Crippen LogP contribution in [0.3, 0.4) is 0 Å². The van der Waals surface area contributed by atoms with Crippen LogP contribution < -0.4 is 10.6 Å². The number of aromatic nitrogens is 1. The van der Waals surface area contributed by atoms with Crippen molar-refractivity contribution in [2.24, 2.45) is 0 Å². The number of nitrogens with zero attached hydrogens (tertiary/aromatic N) is 3. The summed E-state index contributed by atoms with van der Waals surface area (Å²) in [5.41, 5.74) is 8.86. The molecule has 1 fully saturated rings. The maximum absolute atomic E-state index is 13.1. The zero-order chi connectivity index (χ0) is 27.4. The van der Waals surface area contributed by atoms with Gasteiger partial charge in [-0.25, -0.2) is 0 Å². The number of ketones is 1. The van der Waals surface area contributed by atoms with E-state index in [9.17, 15) is 9.59 Å². The Labute approximate surface area is 230 Å². The molecule has 1 aromatic heterocycles. The number of pyridine rings is 1. The van der Waals surface area contributed by atoms with E-state index in [1.165, 1.54) is 11.1 Å². The van der Waals surface area contributed by atoms with Crippen LogP contribution in [0.4, 0.5) is 5.69 Å². The summed E-state index contributed by atoms with van der Waals surface area (Å²) in [6.45, 7) is 8.02. The molecule has 39 heavy (non-hydrogen) atoms. The molecule has 2 heterocycles. The summed E-state index contributed by atoms with van der Waals surface area (Å²) in [4.78, 5) is 34.4. The van der Waals surface area contributed by atoms with E-state index in [0.29, 0.717) is 19.4 Å². The third kappa shape index (κ3) is 6.61. The maximum atomic E-state index is 13.1. The van der Waals surface area contributed by atoms with Gasteiger partial charge in [-0.3, -0.25) is 19.5 Å². The minimum atomic E-state index is -0.0638. The van der Waals surface area contributed by atoms with Crippen molar-refractivity contribution >= 4 is 23.5 Å². The van der Waals surface area contributed by atoms with E-state index >= 15 is 0 Å². The van der Waals surface area contributed by atoms with Gasteiger partial charge in [0.25, 0.3) is 0 Å². The van der Waals surface area contributed by atoms with Gasteiger partial charge in [0.15, 0.2) is 5.78 Å². The van der Waals surface area contributed by atoms with Crippen LogP contribution in [0, 0.1) is 6.92 Å². The molecule has 0 radical (unpaired) electrons. The van der Waals surface area contributed by atoms with Gasteiger partial charge >= 0.3 is 0 Å². The molecule has 5 rings (SSSR count). The summed E-state index contributed by atoms with van der Waals surface area (Å²) in [7, 11) is 3.81. The second-order valence-corrected chi connectivity index (χ2v) is 10.7. The zero-order valence-corrected chi connectivity index (χ0v) is 23.1. The Bertz CT molecular complexity index is 1390. The monoisotopic (exact) mass is 523 g/mol. The highest BCUT2D eigenvalue weighted by molar-refractivity contribution is 6.00. The number of anilines is 1. The lowest BCUT2D eigenvalue weighted by Gasteiger charge is -2.32. The Hall–Kier alpha value is -3.81. The number of nitrogens with one attached hydrogen (secondary N) is 2. The predicted octanol–water partition coefficient (Wildman–Crippen LogP) is 3.86. The number of aryl methyl sites for hydroxylation is 1. The lowest BCUT2D eigenvalue weighted by atomic mass is 9.98. The van der Waals surface area contributed by atoms with Crippen molar-refractivity contribution < 1.29 is 9.59 Å². The lowest BCUT2D eigenvalue weighted by molar-refractivity contribution is -0.117. The third-order valence-corrected chi connectivity index (χ3v) is 7.75. The summed E-state index contributed by atoms with van der Waals surface area (Å²) in [6.07, 6.45) is 4.65. The van der Waals surface area contributed by atoms with Gasteiger partial charge in [0, 0.05) is 70.3 Å². The van der Waals surface area contributed by atoms with E-state index in [-0.39, 0.29) is 11.7 Å². The molecular formula is C32H37N5O2. The van der Waals surface area contributed by atoms with Crippen molar-refractivity contribution in [1.29, 1.82) is 0 Å². The SMILES string of the molecule is CNC(=O)C1=Cc2cc(NCc3cc(CC(=O)c4ccc(CN5CCN(C)CC5)cc4)ccc3C)cnc2C1. The lowest BCUT2D eigenvalue weighted by Crippen LogP contribution is -2.43. The first-order valence-corrected chi connectivity index (χ1v) is 13.6. The molecule has 1 aliphatic heterocycles. The van der Waals surface area contributed by atoms with Crippen molar-refractivity contribution in [2.75, 3.05) is 45.6 Å². The number of piperazine rings is 1. The van der Waals surface area contributed by atoms with Gasteiger partial charge in [-0.05, 0) is 53.9 Å². The van der Waals surface area contributed by atoms with Crippen LogP contribution in [0.2, 0.25) is 0 Å². The van der Waals surface area contributed by atoms with E-state index in [0.717, 1.165) is 71.9 Å². The van der Waals surface area contributed by atoms with Crippen molar-refractivity contribution in [3.05, 3.63) is 99.4 Å². The first-order valence-electron chi connectivity index (χ1n) is 13.6. The highest BCUT2D eigenvalue weighted by Crippen LogP contribution is 2.26. The molecule has 0 bridgehead atoms. The number of rotatable bonds is 9. The van der Waals surface area contributed by atoms with Gasteiger partial charge in [0.05, 0.1) is 17.6 Å². The molecule has 7 nitrogen and oxygen atoms in total. The second kappa shape index (κ2) is 11.9. The van der Waals surface area contributed by atoms with E-state index in [1.54, 1.807) is 7.05 Å². The quantitative estimate of drug-likeness (QED) is 0.415. The summed E-state index contributed by atoms with van der Waals surface area (Å²) < 4.78 is 0. The minimum Gasteiger partial charge on any atom is -0.380 e. The molecule has 1 aliphatic carbocycles. The average Bonchev–Trinajstić information content (AvgIpc) is 3.38. The van der Waals surface area contributed by atoms with Gasteiger partial charge in [0.1, 0.15) is 0 Å². The summed E-state index contributed by atoms with van der Waals surface area (Å²) in [5, 5.41) is 6.14. The fourth-order valence-electron chi connectivity index (χ4n) is 5.18. The number of benzene rings is 2. The molecule has 1 amide bonds. The van der Waals surface area contributed by atoms with Crippen LogP contribution >= 0.6 is 0 Å². The van der Waals surface area contributed by atoms with Crippen molar-refractivity contribution in [2.45, 2.75) is 32.9 Å². The molecule has 1 saturated heterocycles. The van der Waals surface area contributed by atoms with Crippen LogP contribution in [0.25, 0.3) is 6.08 Å². The van der Waals surface area contributed by atoms with Crippen LogP contribution in [-0.4, -0.2) is 66.7 Å². The van der Waals surface area contributed by atoms with Crippen LogP contribution in [0.15, 0.2) is 60.3 Å². The van der Waals surface area contributed by atoms with Gasteiger partial charge in [-0.2, -0.15) is 0 Å². The molecular weight excluding hydrogens is 486 g/mol. The topological polar surface area (TPSA) is 77.6 Å². The van der Waals surface area contributed by atoms with Gasteiger partial charge in [0.2, 0.25) is 5.91 Å². The largest absolute Gasteiger partial charge is 0.380 e. The van der Waals surface area contributed by atoms with E-state index < -0.39 is 0 Å². The van der Waals surface area contributed by atoms with Crippen molar-refractivity contribution in [1.82, 2.24) is 20.1 Å². The van der Waals surface area contributed by atoms with E-state index in [1.807, 2.05) is 36.5 Å². The van der Waals surface area contributed by atoms with E-state index in [2.05, 4.69) is 63.7 Å². The van der Waals surface area contributed by atoms with Crippen LogP contribution in [0.1, 0.15) is 43.9 Å². The maximum Gasteiger partial charge on any atom is 0.247 e. The highest BCUT2D eigenvalue weighted by atomic mass is 16.1. The van der Waals surface area contributed by atoms with Gasteiger partial charge < -0.3 is 15.5 Å². The molecule has 0 unspecified atom stereocenters. The van der Waals surface area contributed by atoms with E-state index in [4.69, 9.17) is 0 Å². The molecule has 2 aliphatic rings. The van der Waals surface area contributed by atoms with Crippen molar-refractivity contribution in [3.8, 4) is 0 Å². The first-order chi connectivity index (χ1) is 18.9. The normalized spacial score (nSPS) is 15.5. The number of hydrogen-bond donors (Lipinski definition) is 2. The zero-order valence-electron chi connectivity index (χ0n) is 23.1. The van der Waals surface area contributed by atoms with Crippen LogP contribution in [-0.2, 0) is 30.7 Å². The first kappa shape index (κ1) is 26.8. The average molecular weight is 524 g/mol. The van der Waals surface area contributed by atoms with Gasteiger partial charge in [-0.15, -0.1) is 0 Å². The Balaban J connectivity index is 1.18. The molecule has 2 aromatic carbocycles. The van der Waals surface area contributed by atoms with Crippen LogP contribution in [0.5, 0.6) is 0 Å². The minimum absolute atomic E-state index is 0.0638. The number of amides is 1. The van der Waals surface area contributed by atoms with Crippen molar-refractivity contribution in [3.63, 3.8) is 0 Å². The molecule has 2 N–H and O–H groups in total. The fraction of sp³-hybridized carbons (Fsp3) is 0.344. The second-order valence-electron chi connectivity index (χ2n) is 10.7. The Morgan fingerprint density at radius 2 is 1.72 bits per heavy atom. The number of carbonyl (C=O) groups is 2. The molecule has 3 aromatic rings. The number of hydrogen-bond acceptors (Lipinski definition) is 6. The summed E-state index contributed by atoms with van der Waals surface area (Å²) in [5.74, 6) is 0.0662. The Morgan fingerprint density at radius 3 is 2.46 bits per heavy atom. The standard InChI is InChI=1S/C32H37N5O2/c1-22-4-5-24(15-31(38)25-8-6-23(7-9-25)21-37-12-10-36(3)11-13-37)14-28(22)19-34-29-17-26-16-27(32(39)33-2)18-30(26)35-20-29/h4-9,14,16-17,20,34H,10-13,15,18-19,21H2,1-3H3,(H,33,39). The Morgan fingerprint density at radius 1 is 0.974 bits per heavy atom. The third-order valence-electron chi connectivity index (χ3n) is 7.75. The number of carbonyl (C=O) groups excluding carboxylic acids is 2. The fourth-order valence-corrected chi connectivity index (χ4v) is 5.18. The number of likely N-dealkylation sites (N-methyl/N-ethyl adjacent to an activating group) is 2. The molecule has 7 heteroatoms. The number of fused-ring (bicyclic) bond motifs is 1. The number of Topliss-reactive ketones (excluding diaryl/α,β-unsaturated/α-hetero) is 1. The summed E-state index contributed by atoms with van der Waals surface area (Å²) in [6, 6.07) is 16.4. The highest BCUT2D eigenvalue weighted by Gasteiger charge is 2.19. The summed E-state index contributed by atoms with van der Waals surface area (Å²) >= 11 is 0. The molecule has 0 atom stereocenters. The predicted molar refractivity (Wildman–Crippen MR) is 156 cm³/mol. The molecule has 0 spiro atoms. The Kier molecular flexibility index (Phi) is 8.19. The van der Waals surface area contributed by atoms with Gasteiger partial charge in [-0.1, -0.05) is 42.5 Å².